The van der Waals surface area contributed by atoms with E-state index in [4.69, 9.17) is 0 Å². The van der Waals surface area contributed by atoms with Crippen molar-refractivity contribution in [2.75, 3.05) is 0 Å². The van der Waals surface area contributed by atoms with Crippen LogP contribution < -0.4 is 5.32 Å². The summed E-state index contributed by atoms with van der Waals surface area (Å²) in [4.78, 5) is 12.5. The molecule has 0 saturated heterocycles. The molecule has 1 radical (unpaired) electrons. The molecule has 1 N–H and O–H groups in total. The lowest BCUT2D eigenvalue weighted by Gasteiger charge is -2.33. The predicted octanol–water partition coefficient (Wildman–Crippen LogP) is 6.24. The molecule has 6 unspecified atom stereocenters. The molecule has 5 heteroatoms. The summed E-state index contributed by atoms with van der Waals surface area (Å²) < 4.78 is 0.663. The second-order valence-electron chi connectivity index (χ2n) is 9.18. The fraction of sp³-hybridized carbons (Fsp3) is 0.950. The third-order valence-electron chi connectivity index (χ3n) is 5.45. The third-order valence-corrected chi connectivity index (χ3v) is 7.27. The van der Waals surface area contributed by atoms with Gasteiger partial charge in [-0.15, -0.1) is 0 Å². The van der Waals surface area contributed by atoms with Gasteiger partial charge in [0.05, 0.1) is 5.37 Å². The number of hydrogen-bond acceptors (Lipinski definition) is 2. The van der Waals surface area contributed by atoms with Gasteiger partial charge in [0.15, 0.2) is 0 Å². The van der Waals surface area contributed by atoms with E-state index in [-0.39, 0.29) is 28.3 Å². The Morgan fingerprint density at radius 3 is 2.04 bits per heavy atom. The maximum Gasteiger partial charge on any atom is 0.223 e. The van der Waals surface area contributed by atoms with Gasteiger partial charge in [0, 0.05) is 9.84 Å². The molecule has 0 spiro atoms. The molecule has 25 heavy (non-hydrogen) atoms. The van der Waals surface area contributed by atoms with Crippen LogP contribution in [0.3, 0.4) is 0 Å². The lowest BCUT2D eigenvalue weighted by atomic mass is 9.45. The van der Waals surface area contributed by atoms with Gasteiger partial charge < -0.3 is 5.32 Å². The molecule has 0 aromatic heterocycles. The quantitative estimate of drug-likeness (QED) is 0.119. The molecule has 0 aromatic rings. The Hall–Kier alpha value is 0.615. The minimum Gasteiger partial charge on any atom is -0.345 e. The Morgan fingerprint density at radius 2 is 1.60 bits per heavy atom. The number of carbonyl (C=O) groups excluding carboxylic acids is 1. The average Bonchev–Trinajstić information content (AvgIpc) is 2.45. The van der Waals surface area contributed by atoms with E-state index in [1.54, 1.807) is 0 Å². The lowest BCUT2D eigenvalue weighted by Crippen LogP contribution is -2.40. The second-order valence-corrected chi connectivity index (χ2v) is 11.7. The van der Waals surface area contributed by atoms with Crippen LogP contribution in [0.5, 0.6) is 0 Å². The standard InChI is InChI=1S/C20H40BINOS/c1-12(2)13(3)10-14(4)18(24)23-19(25)16(6)21-20(8,9)11-15(5)17(7)22/h12-17,19,25H,10-11H2,1-9H3,(H,23,24). The highest BCUT2D eigenvalue weighted by Crippen LogP contribution is 2.38. The molecule has 0 aliphatic heterocycles. The molecule has 0 fully saturated rings. The molecule has 0 rings (SSSR count). The van der Waals surface area contributed by atoms with Crippen molar-refractivity contribution in [3.05, 3.63) is 0 Å². The van der Waals surface area contributed by atoms with Gasteiger partial charge >= 0.3 is 0 Å². The van der Waals surface area contributed by atoms with Crippen LogP contribution in [0.1, 0.15) is 75.2 Å². The Balaban J connectivity index is 4.54. The number of hydrogen-bond donors (Lipinski definition) is 2. The molecule has 0 aliphatic rings. The molecule has 2 nitrogen and oxygen atoms in total. The second kappa shape index (κ2) is 11.5. The van der Waals surface area contributed by atoms with Crippen molar-refractivity contribution in [3.8, 4) is 0 Å². The summed E-state index contributed by atoms with van der Waals surface area (Å²) in [7, 11) is 2.36. The molecule has 147 valence electrons. The van der Waals surface area contributed by atoms with Crippen LogP contribution in [-0.4, -0.2) is 22.5 Å². The van der Waals surface area contributed by atoms with Crippen molar-refractivity contribution in [1.82, 2.24) is 5.32 Å². The molecule has 0 aromatic carbocycles. The van der Waals surface area contributed by atoms with Crippen molar-refractivity contribution in [2.24, 2.45) is 23.7 Å². The van der Waals surface area contributed by atoms with Gasteiger partial charge in [-0.25, -0.2) is 0 Å². The van der Waals surface area contributed by atoms with Crippen LogP contribution in [0.25, 0.3) is 0 Å². The van der Waals surface area contributed by atoms with E-state index in [0.29, 0.717) is 21.7 Å². The van der Waals surface area contributed by atoms with Crippen LogP contribution in [0, 0.1) is 23.7 Å². The summed E-state index contributed by atoms with van der Waals surface area (Å²) in [6.45, 7) is 20.0. The van der Waals surface area contributed by atoms with Gasteiger partial charge in [0.1, 0.15) is 7.28 Å². The highest BCUT2D eigenvalue weighted by Gasteiger charge is 2.30. The summed E-state index contributed by atoms with van der Waals surface area (Å²) >= 11 is 7.18. The van der Waals surface area contributed by atoms with E-state index in [0.717, 1.165) is 12.8 Å². The molecular formula is C20H40BINOS. The first-order valence-corrected chi connectivity index (χ1v) is 11.5. The number of nitrogens with one attached hydrogen (secondary N) is 1. The number of amides is 1. The van der Waals surface area contributed by atoms with E-state index in [1.165, 1.54) is 0 Å². The summed E-state index contributed by atoms with van der Waals surface area (Å²) in [5, 5.41) is 3.13. The van der Waals surface area contributed by atoms with E-state index in [1.807, 2.05) is 6.92 Å². The highest BCUT2D eigenvalue weighted by molar-refractivity contribution is 14.1. The first-order valence-electron chi connectivity index (χ1n) is 9.75. The smallest absolute Gasteiger partial charge is 0.223 e. The first-order chi connectivity index (χ1) is 11.3. The maximum atomic E-state index is 12.5. The van der Waals surface area contributed by atoms with E-state index in [9.17, 15) is 4.79 Å². The Bertz CT molecular complexity index is 403. The lowest BCUT2D eigenvalue weighted by molar-refractivity contribution is -0.125. The molecule has 0 aliphatic carbocycles. The SMILES string of the molecule is CC(CC(C)C(C)C)C(=O)NC(S)C(C)[B]C(C)(C)CC(C)C(C)I. The van der Waals surface area contributed by atoms with Crippen molar-refractivity contribution in [2.45, 2.75) is 95.6 Å². The molecule has 0 saturated carbocycles. The van der Waals surface area contributed by atoms with Gasteiger partial charge in [-0.3, -0.25) is 4.79 Å². The third kappa shape index (κ3) is 10.5. The van der Waals surface area contributed by atoms with Crippen molar-refractivity contribution >= 4 is 48.4 Å². The number of alkyl halides is 1. The van der Waals surface area contributed by atoms with Gasteiger partial charge in [-0.05, 0) is 30.0 Å². The normalized spacial score (nSPS) is 19.7. The average molecular weight is 480 g/mol. The van der Waals surface area contributed by atoms with Crippen LogP contribution in [0.2, 0.25) is 11.1 Å². The number of rotatable bonds is 11. The first kappa shape index (κ1) is 25.6. The molecular weight excluding hydrogens is 440 g/mol. The molecule has 1 amide bonds. The summed E-state index contributed by atoms with van der Waals surface area (Å²) in [5.41, 5.74) is 0. The molecule has 6 atom stereocenters. The van der Waals surface area contributed by atoms with E-state index >= 15 is 0 Å². The zero-order valence-corrected chi connectivity index (χ0v) is 20.8. The van der Waals surface area contributed by atoms with Crippen LogP contribution in [-0.2, 0) is 4.79 Å². The Kier molecular flexibility index (Phi) is 11.7. The fourth-order valence-corrected chi connectivity index (χ4v) is 3.69. The minimum atomic E-state index is -0.129. The largest absolute Gasteiger partial charge is 0.345 e. The summed E-state index contributed by atoms with van der Waals surface area (Å²) in [6, 6.07) is 0. The van der Waals surface area contributed by atoms with Crippen molar-refractivity contribution in [3.63, 3.8) is 0 Å². The monoisotopic (exact) mass is 480 g/mol. The summed E-state index contributed by atoms with van der Waals surface area (Å²) in [6.07, 6.45) is 2.08. The maximum absolute atomic E-state index is 12.5. The minimum absolute atomic E-state index is 0.0344. The predicted molar refractivity (Wildman–Crippen MR) is 125 cm³/mol. The Morgan fingerprint density at radius 1 is 1.08 bits per heavy atom. The number of halogens is 1. The van der Waals surface area contributed by atoms with Crippen molar-refractivity contribution in [1.29, 1.82) is 0 Å². The van der Waals surface area contributed by atoms with E-state index < -0.39 is 0 Å². The van der Waals surface area contributed by atoms with Crippen LogP contribution in [0.15, 0.2) is 0 Å². The van der Waals surface area contributed by atoms with Gasteiger partial charge in [-0.2, -0.15) is 12.6 Å². The number of carbonyl (C=O) groups is 1. The van der Waals surface area contributed by atoms with Gasteiger partial charge in [0.2, 0.25) is 5.91 Å². The zero-order chi connectivity index (χ0) is 19.9. The van der Waals surface area contributed by atoms with E-state index in [2.05, 4.69) is 103 Å². The number of thiol groups is 1. The molecule has 0 bridgehead atoms. The topological polar surface area (TPSA) is 29.1 Å². The molecule has 0 heterocycles. The van der Waals surface area contributed by atoms with Gasteiger partial charge in [0.25, 0.3) is 0 Å². The van der Waals surface area contributed by atoms with Gasteiger partial charge in [-0.1, -0.05) is 96.6 Å². The highest BCUT2D eigenvalue weighted by atomic mass is 127. The zero-order valence-electron chi connectivity index (χ0n) is 17.8. The van der Waals surface area contributed by atoms with Crippen molar-refractivity contribution < 1.29 is 4.79 Å². The Labute approximate surface area is 177 Å². The summed E-state index contributed by atoms with van der Waals surface area (Å²) in [5.74, 6) is 2.22. The fourth-order valence-electron chi connectivity index (χ4n) is 3.22. The van der Waals surface area contributed by atoms with Crippen LogP contribution in [0.4, 0.5) is 0 Å². The van der Waals surface area contributed by atoms with Crippen LogP contribution >= 0.6 is 35.2 Å².